The van der Waals surface area contributed by atoms with Crippen molar-refractivity contribution in [3.63, 3.8) is 0 Å². The minimum Gasteiger partial charge on any atom is -0.306 e. The van der Waals surface area contributed by atoms with Gasteiger partial charge < -0.3 is 5.32 Å². The van der Waals surface area contributed by atoms with Gasteiger partial charge in [0.25, 0.3) is 5.91 Å². The largest absolute Gasteiger partial charge is 0.306 e. The lowest BCUT2D eigenvalue weighted by Gasteiger charge is -2.30. The summed E-state index contributed by atoms with van der Waals surface area (Å²) in [5.41, 5.74) is 2.63. The molecular weight excluding hydrogens is 478 g/mol. The lowest BCUT2D eigenvalue weighted by atomic mass is 9.95. The third-order valence-corrected chi connectivity index (χ3v) is 9.57. The number of hydrogen-bond donors (Lipinski definition) is 1. The lowest BCUT2D eigenvalue weighted by molar-refractivity contribution is 0.102. The van der Waals surface area contributed by atoms with Gasteiger partial charge in [0.2, 0.25) is 10.0 Å². The van der Waals surface area contributed by atoms with Crippen LogP contribution in [0.4, 0.5) is 5.82 Å². The van der Waals surface area contributed by atoms with Crippen molar-refractivity contribution in [1.29, 1.82) is 0 Å². The predicted octanol–water partition coefficient (Wildman–Crippen LogP) is 3.29. The highest BCUT2D eigenvalue weighted by molar-refractivity contribution is 7.90. The van der Waals surface area contributed by atoms with Crippen LogP contribution in [0.15, 0.2) is 49.0 Å². The zero-order valence-electron chi connectivity index (χ0n) is 20.1. The summed E-state index contributed by atoms with van der Waals surface area (Å²) in [6.07, 6.45) is 15.1. The van der Waals surface area contributed by atoms with Crippen molar-refractivity contribution < 1.29 is 13.2 Å². The van der Waals surface area contributed by atoms with E-state index in [2.05, 4.69) is 34.5 Å². The van der Waals surface area contributed by atoms with Gasteiger partial charge in [0.1, 0.15) is 11.4 Å². The Bertz CT molecular complexity index is 1470. The van der Waals surface area contributed by atoms with Crippen LogP contribution in [-0.2, 0) is 10.0 Å². The van der Waals surface area contributed by atoms with E-state index in [0.29, 0.717) is 48.9 Å². The summed E-state index contributed by atoms with van der Waals surface area (Å²) in [5, 5.41) is 12.0. The highest BCUT2D eigenvalue weighted by atomic mass is 32.2. The molecule has 2 aliphatic carbocycles. The number of sulfonamides is 1. The molecule has 1 aliphatic heterocycles. The fourth-order valence-corrected chi connectivity index (χ4v) is 6.87. The second-order valence-corrected chi connectivity index (χ2v) is 12.1. The number of anilines is 1. The van der Waals surface area contributed by atoms with Crippen molar-refractivity contribution in [2.24, 2.45) is 5.92 Å². The van der Waals surface area contributed by atoms with Gasteiger partial charge in [0.05, 0.1) is 22.8 Å². The number of carbonyl (C=O) groups is 1. The highest BCUT2D eigenvalue weighted by Gasteiger charge is 2.41. The summed E-state index contributed by atoms with van der Waals surface area (Å²) in [7, 11) is -3.16. The van der Waals surface area contributed by atoms with Crippen LogP contribution in [0.3, 0.4) is 0 Å². The molecule has 0 spiro atoms. The molecule has 36 heavy (non-hydrogen) atoms. The maximum absolute atomic E-state index is 13.2. The number of allylic oxidation sites excluding steroid dienone is 4. The van der Waals surface area contributed by atoms with Crippen LogP contribution in [0.2, 0.25) is 0 Å². The van der Waals surface area contributed by atoms with Gasteiger partial charge in [-0.3, -0.25) is 4.79 Å². The monoisotopic (exact) mass is 507 g/mol. The first kappa shape index (κ1) is 23.1. The van der Waals surface area contributed by atoms with Crippen molar-refractivity contribution in [3.8, 4) is 0 Å². The maximum atomic E-state index is 13.2. The van der Waals surface area contributed by atoms with Gasteiger partial charge in [-0.2, -0.15) is 10.2 Å². The van der Waals surface area contributed by atoms with E-state index in [4.69, 9.17) is 5.10 Å². The maximum Gasteiger partial charge on any atom is 0.262 e. The van der Waals surface area contributed by atoms with Gasteiger partial charge in [0, 0.05) is 37.5 Å². The molecule has 188 valence electrons. The molecule has 1 unspecified atom stereocenters. The Labute approximate surface area is 209 Å². The molecule has 3 aromatic rings. The average Bonchev–Trinajstić information content (AvgIpc) is 3.54. The van der Waals surface area contributed by atoms with Crippen molar-refractivity contribution in [2.45, 2.75) is 50.2 Å². The summed E-state index contributed by atoms with van der Waals surface area (Å²) in [6, 6.07) is 3.67. The summed E-state index contributed by atoms with van der Waals surface area (Å²) in [4.78, 5) is 17.5. The Hall–Kier alpha value is -3.31. The Kier molecular flexibility index (Phi) is 5.76. The van der Waals surface area contributed by atoms with Gasteiger partial charge in [-0.05, 0) is 50.2 Å². The molecule has 1 amide bonds. The zero-order valence-corrected chi connectivity index (χ0v) is 20.9. The molecule has 3 aliphatic rings. The number of fused-ring (bicyclic) bond motifs is 1. The standard InChI is InChI=1S/C25H29N7O3S/c1-17-4-2-5-19(14-17)32-23(28-25(33)21-16-27-31-11-3-10-26-24(21)31)15-22(29-32)18-8-12-30(13-9-18)36(34,35)20-6-7-20/h2-3,5,10-11,14-18,20H,4,6-9,12-13H2,1H3,(H,28,33). The van der Waals surface area contributed by atoms with Crippen LogP contribution < -0.4 is 5.32 Å². The van der Waals surface area contributed by atoms with Crippen molar-refractivity contribution >= 4 is 33.1 Å². The average molecular weight is 508 g/mol. The number of hydrogen-bond acceptors (Lipinski definition) is 6. The normalized spacial score (nSPS) is 21.6. The molecule has 1 atom stereocenters. The molecular formula is C25H29N7O3S. The number of piperidine rings is 1. The molecule has 11 heteroatoms. The van der Waals surface area contributed by atoms with Crippen molar-refractivity contribution in [3.05, 3.63) is 60.2 Å². The molecule has 1 N–H and O–H groups in total. The number of carbonyl (C=O) groups excluding carboxylic acids is 1. The molecule has 1 saturated carbocycles. The quantitative estimate of drug-likeness (QED) is 0.548. The first-order valence-corrected chi connectivity index (χ1v) is 14.0. The van der Waals surface area contributed by atoms with Crippen LogP contribution in [0.25, 0.3) is 11.3 Å². The Morgan fingerprint density at radius 1 is 1.17 bits per heavy atom. The fourth-order valence-electron chi connectivity index (χ4n) is 5.00. The van der Waals surface area contributed by atoms with E-state index >= 15 is 0 Å². The number of aromatic nitrogens is 5. The Morgan fingerprint density at radius 3 is 2.72 bits per heavy atom. The highest BCUT2D eigenvalue weighted by Crippen LogP contribution is 2.36. The van der Waals surface area contributed by atoms with Crippen LogP contribution in [0.5, 0.6) is 0 Å². The zero-order chi connectivity index (χ0) is 24.9. The molecule has 0 aromatic carbocycles. The van der Waals surface area contributed by atoms with Crippen LogP contribution >= 0.6 is 0 Å². The molecule has 2 fully saturated rings. The van der Waals surface area contributed by atoms with Crippen LogP contribution in [0, 0.1) is 5.92 Å². The van der Waals surface area contributed by atoms with E-state index in [1.807, 2.05) is 12.1 Å². The Balaban J connectivity index is 1.27. The van der Waals surface area contributed by atoms with Gasteiger partial charge in [-0.25, -0.2) is 26.9 Å². The van der Waals surface area contributed by atoms with Crippen molar-refractivity contribution in [1.82, 2.24) is 28.7 Å². The molecule has 10 nitrogen and oxygen atoms in total. The number of nitrogens with one attached hydrogen (secondary N) is 1. The number of rotatable bonds is 6. The fraction of sp³-hybridized carbons (Fsp3) is 0.440. The van der Waals surface area contributed by atoms with Crippen molar-refractivity contribution in [2.75, 3.05) is 18.4 Å². The number of nitrogens with zero attached hydrogens (tertiary/aromatic N) is 6. The topological polar surface area (TPSA) is 114 Å². The summed E-state index contributed by atoms with van der Waals surface area (Å²) < 4.78 is 30.3. The Morgan fingerprint density at radius 2 is 1.97 bits per heavy atom. The van der Waals surface area contributed by atoms with E-state index in [9.17, 15) is 13.2 Å². The molecule has 0 bridgehead atoms. The van der Waals surface area contributed by atoms with Gasteiger partial charge >= 0.3 is 0 Å². The SMILES string of the molecule is CC1C=C(n2nc(C3CCN(S(=O)(=O)C4CC4)CC3)cc2NC(=O)c2cnn3cccnc23)C=CC1. The van der Waals surface area contributed by atoms with E-state index in [1.165, 1.54) is 6.20 Å². The number of amides is 1. The predicted molar refractivity (Wildman–Crippen MR) is 136 cm³/mol. The van der Waals surface area contributed by atoms with Gasteiger partial charge in [-0.15, -0.1) is 0 Å². The van der Waals surface area contributed by atoms with Crippen LogP contribution in [0.1, 0.15) is 61.0 Å². The molecule has 3 aromatic heterocycles. The third kappa shape index (κ3) is 4.26. The lowest BCUT2D eigenvalue weighted by Crippen LogP contribution is -2.39. The molecule has 4 heterocycles. The second kappa shape index (κ2) is 8.97. The van der Waals surface area contributed by atoms with Gasteiger partial charge in [-0.1, -0.05) is 19.1 Å². The van der Waals surface area contributed by atoms with Crippen LogP contribution in [-0.4, -0.2) is 61.3 Å². The summed E-state index contributed by atoms with van der Waals surface area (Å²) in [6.45, 7) is 3.16. The first-order chi connectivity index (χ1) is 17.4. The van der Waals surface area contributed by atoms with E-state index in [0.717, 1.165) is 30.7 Å². The molecule has 6 rings (SSSR count). The molecule has 0 radical (unpaired) electrons. The third-order valence-electron chi connectivity index (χ3n) is 7.17. The molecule has 1 saturated heterocycles. The second-order valence-electron chi connectivity index (χ2n) is 9.89. The van der Waals surface area contributed by atoms with E-state index in [-0.39, 0.29) is 17.1 Å². The summed E-state index contributed by atoms with van der Waals surface area (Å²) >= 11 is 0. The first-order valence-electron chi connectivity index (χ1n) is 12.5. The summed E-state index contributed by atoms with van der Waals surface area (Å²) in [5.74, 6) is 0.746. The minimum absolute atomic E-state index is 0.122. The van der Waals surface area contributed by atoms with E-state index < -0.39 is 10.0 Å². The smallest absolute Gasteiger partial charge is 0.262 e. The van der Waals surface area contributed by atoms with E-state index in [1.54, 1.807) is 32.0 Å². The minimum atomic E-state index is -3.16. The van der Waals surface area contributed by atoms with Gasteiger partial charge in [0.15, 0.2) is 5.65 Å².